The molecular weight excluding hydrogens is 669 g/mol. The van der Waals surface area contributed by atoms with Gasteiger partial charge in [0.05, 0.1) is 17.7 Å². The van der Waals surface area contributed by atoms with Crippen molar-refractivity contribution in [2.24, 2.45) is 0 Å². The molecule has 11 heteroatoms. The first-order valence-corrected chi connectivity index (χ1v) is 18.1. The Morgan fingerprint density at radius 2 is 1.58 bits per heavy atom. The van der Waals surface area contributed by atoms with E-state index in [2.05, 4.69) is 5.32 Å². The van der Waals surface area contributed by atoms with Crippen LogP contribution in [0.5, 0.6) is 5.75 Å². The van der Waals surface area contributed by atoms with E-state index in [1.807, 2.05) is 37.3 Å². The molecule has 1 atom stereocenters. The monoisotopic (exact) mass is 707 g/mol. The topological polar surface area (TPSA) is 96.0 Å². The molecule has 1 N–H and O–H groups in total. The summed E-state index contributed by atoms with van der Waals surface area (Å²) in [7, 11) is -2.84. The van der Waals surface area contributed by atoms with Gasteiger partial charge in [0, 0.05) is 29.1 Å². The molecule has 0 radical (unpaired) electrons. The molecule has 8 nitrogen and oxygen atoms in total. The van der Waals surface area contributed by atoms with Gasteiger partial charge in [0.1, 0.15) is 18.3 Å². The molecule has 2 amide bonds. The molecule has 1 aliphatic carbocycles. The number of nitrogens with one attached hydrogen (secondary N) is 1. The van der Waals surface area contributed by atoms with Gasteiger partial charge in [-0.05, 0) is 67.3 Å². The summed E-state index contributed by atoms with van der Waals surface area (Å²) in [6.45, 7) is 1.19. The zero-order valence-corrected chi connectivity index (χ0v) is 29.3. The Morgan fingerprint density at radius 3 is 2.25 bits per heavy atom. The van der Waals surface area contributed by atoms with E-state index in [4.69, 9.17) is 27.9 Å². The summed E-state index contributed by atoms with van der Waals surface area (Å²) in [4.78, 5) is 30.4. The lowest BCUT2D eigenvalue weighted by Crippen LogP contribution is -2.54. The highest BCUT2D eigenvalue weighted by molar-refractivity contribution is 7.92. The van der Waals surface area contributed by atoms with Crippen molar-refractivity contribution in [2.45, 2.75) is 62.6 Å². The molecule has 48 heavy (non-hydrogen) atoms. The van der Waals surface area contributed by atoms with Crippen molar-refractivity contribution in [3.8, 4) is 5.75 Å². The van der Waals surface area contributed by atoms with Gasteiger partial charge in [-0.2, -0.15) is 0 Å². The van der Waals surface area contributed by atoms with Crippen molar-refractivity contribution in [3.63, 3.8) is 0 Å². The summed E-state index contributed by atoms with van der Waals surface area (Å²) in [6.07, 6.45) is 3.95. The summed E-state index contributed by atoms with van der Waals surface area (Å²) >= 11 is 12.8. The average Bonchev–Trinajstić information content (AvgIpc) is 3.59. The lowest BCUT2D eigenvalue weighted by atomic mass is 10.0. The van der Waals surface area contributed by atoms with Gasteiger partial charge in [0.2, 0.25) is 11.8 Å². The molecule has 0 heterocycles. The van der Waals surface area contributed by atoms with Crippen molar-refractivity contribution in [1.82, 2.24) is 10.2 Å². The molecule has 1 fully saturated rings. The fourth-order valence-corrected chi connectivity index (χ4v) is 7.83. The third-order valence-electron chi connectivity index (χ3n) is 8.57. The van der Waals surface area contributed by atoms with Crippen LogP contribution < -0.4 is 14.4 Å². The third kappa shape index (κ3) is 8.50. The first kappa shape index (κ1) is 35.3. The second kappa shape index (κ2) is 15.9. The molecule has 0 saturated heterocycles. The Balaban J connectivity index is 1.60. The van der Waals surface area contributed by atoms with Gasteiger partial charge in [-0.15, -0.1) is 0 Å². The Kier molecular flexibility index (Phi) is 11.7. The molecule has 0 spiro atoms. The lowest BCUT2D eigenvalue weighted by molar-refractivity contribution is -0.140. The molecule has 4 aromatic rings. The predicted octanol–water partition coefficient (Wildman–Crippen LogP) is 7.20. The quantitative estimate of drug-likeness (QED) is 0.159. The number of carbonyl (C=O) groups excluding carboxylic acids is 2. The number of nitrogens with zero attached hydrogens (tertiary/aromatic N) is 2. The maximum absolute atomic E-state index is 14.7. The number of sulfonamides is 1. The van der Waals surface area contributed by atoms with Crippen molar-refractivity contribution < 1.29 is 22.7 Å². The van der Waals surface area contributed by atoms with E-state index in [-0.39, 0.29) is 41.2 Å². The predicted molar refractivity (Wildman–Crippen MR) is 190 cm³/mol. The first-order valence-electron chi connectivity index (χ1n) is 15.9. The number of carbonyl (C=O) groups is 2. The van der Waals surface area contributed by atoms with Crippen molar-refractivity contribution >= 4 is 50.7 Å². The van der Waals surface area contributed by atoms with Crippen LogP contribution in [0.1, 0.15) is 42.4 Å². The van der Waals surface area contributed by atoms with E-state index in [1.54, 1.807) is 54.6 Å². The number of halogens is 2. The van der Waals surface area contributed by atoms with Crippen LogP contribution >= 0.6 is 23.2 Å². The normalized spacial score (nSPS) is 13.9. The first-order chi connectivity index (χ1) is 23.1. The number of amides is 2. The van der Waals surface area contributed by atoms with Gasteiger partial charge >= 0.3 is 0 Å². The number of ether oxygens (including phenoxy) is 1. The molecule has 1 aliphatic rings. The van der Waals surface area contributed by atoms with Crippen LogP contribution in [0, 0.1) is 6.92 Å². The number of benzene rings is 4. The number of aryl methyl sites for hydroxylation is 1. The van der Waals surface area contributed by atoms with Crippen LogP contribution in [-0.4, -0.2) is 50.9 Å². The van der Waals surface area contributed by atoms with E-state index in [0.717, 1.165) is 41.1 Å². The van der Waals surface area contributed by atoms with Crippen molar-refractivity contribution in [2.75, 3.05) is 18.0 Å². The van der Waals surface area contributed by atoms with E-state index < -0.39 is 28.5 Å². The van der Waals surface area contributed by atoms with E-state index in [1.165, 1.54) is 24.1 Å². The lowest BCUT2D eigenvalue weighted by Gasteiger charge is -2.34. The smallest absolute Gasteiger partial charge is 0.264 e. The highest BCUT2D eigenvalue weighted by Crippen LogP contribution is 2.33. The van der Waals surface area contributed by atoms with Crippen LogP contribution in [0.15, 0.2) is 102 Å². The molecule has 252 valence electrons. The highest BCUT2D eigenvalue weighted by atomic mass is 35.5. The van der Waals surface area contributed by atoms with Gasteiger partial charge in [0.15, 0.2) is 0 Å². The maximum Gasteiger partial charge on any atom is 0.264 e. The zero-order chi connectivity index (χ0) is 34.3. The Bertz CT molecular complexity index is 1830. The van der Waals surface area contributed by atoms with Gasteiger partial charge in [-0.1, -0.05) is 102 Å². The molecule has 5 rings (SSSR count). The molecule has 0 aliphatic heterocycles. The number of rotatable bonds is 13. The fraction of sp³-hybridized carbons (Fsp3) is 0.297. The van der Waals surface area contributed by atoms with Crippen LogP contribution in [0.4, 0.5) is 5.69 Å². The van der Waals surface area contributed by atoms with Crippen LogP contribution in [0.25, 0.3) is 0 Å². The molecule has 0 unspecified atom stereocenters. The standard InChI is InChI=1S/C37H39Cl2N3O5S/c1-26-16-20-31(21-17-26)48(45,46)42(33-14-8-9-15-35(33)47-2)25-36(43)41(24-28-18-19-29(38)23-32(28)39)34(22-27-10-4-3-5-11-27)37(44)40-30-12-6-7-13-30/h3-5,8-11,14-21,23,30,34H,6-7,12-13,22,24-25H2,1-2H3,(H,40,44)/t34-/m0/s1. The Morgan fingerprint density at radius 1 is 0.917 bits per heavy atom. The number of hydrogen-bond acceptors (Lipinski definition) is 5. The minimum Gasteiger partial charge on any atom is -0.495 e. The van der Waals surface area contributed by atoms with Gasteiger partial charge < -0.3 is 15.0 Å². The minimum atomic E-state index is -4.28. The van der Waals surface area contributed by atoms with E-state index in [0.29, 0.717) is 15.6 Å². The van der Waals surface area contributed by atoms with Gasteiger partial charge in [0.25, 0.3) is 10.0 Å². The molecular formula is C37H39Cl2N3O5S. The maximum atomic E-state index is 14.7. The zero-order valence-electron chi connectivity index (χ0n) is 26.9. The third-order valence-corrected chi connectivity index (χ3v) is 10.9. The number of hydrogen-bond donors (Lipinski definition) is 1. The number of para-hydroxylation sites is 2. The van der Waals surface area contributed by atoms with E-state index in [9.17, 15) is 18.0 Å². The number of methoxy groups -OCH3 is 1. The second-order valence-corrected chi connectivity index (χ2v) is 14.7. The molecule has 0 aromatic heterocycles. The highest BCUT2D eigenvalue weighted by Gasteiger charge is 2.36. The van der Waals surface area contributed by atoms with E-state index >= 15 is 0 Å². The molecule has 4 aromatic carbocycles. The second-order valence-electron chi connectivity index (χ2n) is 11.9. The summed E-state index contributed by atoms with van der Waals surface area (Å²) in [5.41, 5.74) is 2.48. The largest absolute Gasteiger partial charge is 0.495 e. The number of anilines is 1. The SMILES string of the molecule is COc1ccccc1N(CC(=O)N(Cc1ccc(Cl)cc1Cl)[C@@H](Cc1ccccc1)C(=O)NC1CCCC1)S(=O)(=O)c1ccc(C)cc1. The minimum absolute atomic E-state index is 0.00108. The Hall–Kier alpha value is -4.05. The summed E-state index contributed by atoms with van der Waals surface area (Å²) in [6, 6.07) is 26.5. The fourth-order valence-electron chi connectivity index (χ4n) is 5.94. The summed E-state index contributed by atoms with van der Waals surface area (Å²) in [5.74, 6) is -0.632. The van der Waals surface area contributed by atoms with Gasteiger partial charge in [-0.25, -0.2) is 8.42 Å². The Labute approximate surface area is 292 Å². The van der Waals surface area contributed by atoms with Crippen molar-refractivity contribution in [3.05, 3.63) is 124 Å². The van der Waals surface area contributed by atoms with Crippen LogP contribution in [0.3, 0.4) is 0 Å². The average molecular weight is 709 g/mol. The van der Waals surface area contributed by atoms with Gasteiger partial charge in [-0.3, -0.25) is 13.9 Å². The van der Waals surface area contributed by atoms with Crippen molar-refractivity contribution in [1.29, 1.82) is 0 Å². The van der Waals surface area contributed by atoms with Crippen LogP contribution in [0.2, 0.25) is 10.0 Å². The molecule has 0 bridgehead atoms. The molecule has 1 saturated carbocycles. The van der Waals surface area contributed by atoms with Crippen LogP contribution in [-0.2, 0) is 32.6 Å². The summed E-state index contributed by atoms with van der Waals surface area (Å²) in [5, 5.41) is 3.92. The summed E-state index contributed by atoms with van der Waals surface area (Å²) < 4.78 is 35.3.